The van der Waals surface area contributed by atoms with E-state index in [1.807, 2.05) is 18.2 Å². The summed E-state index contributed by atoms with van der Waals surface area (Å²) in [4.78, 5) is 15.6. The number of aromatic nitrogens is 6. The molecule has 0 spiro atoms. The third-order valence-corrected chi connectivity index (χ3v) is 9.82. The zero-order valence-electron chi connectivity index (χ0n) is 26.2. The summed E-state index contributed by atoms with van der Waals surface area (Å²) < 4.78 is 6.79. The molecule has 4 heterocycles. The van der Waals surface area contributed by atoms with E-state index in [4.69, 9.17) is 15.0 Å². The van der Waals surface area contributed by atoms with Crippen molar-refractivity contribution in [1.29, 1.82) is 0 Å². The van der Waals surface area contributed by atoms with E-state index in [2.05, 4.69) is 153 Å². The number of hydrogen-bond acceptors (Lipinski definition) is 3. The van der Waals surface area contributed by atoms with Gasteiger partial charge in [-0.1, -0.05) is 103 Å². The fourth-order valence-corrected chi connectivity index (χ4v) is 7.63. The van der Waals surface area contributed by atoms with Gasteiger partial charge in [0.15, 0.2) is 0 Å². The Kier molecular flexibility index (Phi) is 5.29. The molecule has 49 heavy (non-hydrogen) atoms. The molecule has 228 valence electrons. The Morgan fingerprint density at radius 1 is 0.388 bits per heavy atom. The van der Waals surface area contributed by atoms with Gasteiger partial charge in [0.2, 0.25) is 11.7 Å². The summed E-state index contributed by atoms with van der Waals surface area (Å²) in [6.45, 7) is 0. The lowest BCUT2D eigenvalue weighted by molar-refractivity contribution is 1.01. The molecular weight excluding hydrogens is 601 g/mol. The summed E-state index contributed by atoms with van der Waals surface area (Å²) in [5.74, 6) is 1.54. The van der Waals surface area contributed by atoms with Crippen LogP contribution in [0.2, 0.25) is 0 Å². The molecule has 0 atom stereocenters. The lowest BCUT2D eigenvalue weighted by Crippen LogP contribution is -2.03. The monoisotopic (exact) mass is 626 g/mol. The van der Waals surface area contributed by atoms with Gasteiger partial charge in [-0.2, -0.15) is 0 Å². The summed E-state index contributed by atoms with van der Waals surface area (Å²) in [6.07, 6.45) is 0. The Morgan fingerprint density at radius 3 is 1.88 bits per heavy atom. The molecule has 0 bridgehead atoms. The molecule has 0 unspecified atom stereocenters. The van der Waals surface area contributed by atoms with Gasteiger partial charge in [0, 0.05) is 27.4 Å². The van der Waals surface area contributed by atoms with Crippen LogP contribution in [-0.2, 0) is 0 Å². The van der Waals surface area contributed by atoms with Gasteiger partial charge in [-0.3, -0.25) is 13.5 Å². The molecule has 0 amide bonds. The molecule has 0 radical (unpaired) electrons. The van der Waals surface area contributed by atoms with Crippen molar-refractivity contribution in [2.24, 2.45) is 0 Å². The Balaban J connectivity index is 1.21. The molecule has 11 rings (SSSR count). The summed E-state index contributed by atoms with van der Waals surface area (Å²) in [5.41, 5.74) is 10.4. The van der Waals surface area contributed by atoms with Gasteiger partial charge >= 0.3 is 0 Å². The number of rotatable bonds is 3. The SMILES string of the molecule is c1ccc(-c2nc(-n3c4ccccc4c4cc(-n5c6cc7ccccc7cc6n6c7ccccc7nc56)ccc43)nc3ccccc23)cc1. The molecule has 0 fully saturated rings. The number of fused-ring (bicyclic) bond motifs is 10. The number of imidazole rings is 2. The topological polar surface area (TPSA) is 52.9 Å². The maximum Gasteiger partial charge on any atom is 0.235 e. The van der Waals surface area contributed by atoms with Crippen molar-refractivity contribution in [2.75, 3.05) is 0 Å². The Morgan fingerprint density at radius 2 is 1.04 bits per heavy atom. The van der Waals surface area contributed by atoms with Crippen molar-refractivity contribution in [2.45, 2.75) is 0 Å². The number of hydrogen-bond donors (Lipinski definition) is 0. The first-order valence-electron chi connectivity index (χ1n) is 16.5. The average molecular weight is 627 g/mol. The molecule has 4 aromatic heterocycles. The third-order valence-electron chi connectivity index (χ3n) is 9.82. The van der Waals surface area contributed by atoms with Crippen molar-refractivity contribution >= 4 is 71.3 Å². The Bertz CT molecular complexity index is 3100. The fourth-order valence-electron chi connectivity index (χ4n) is 7.63. The molecule has 0 aliphatic heterocycles. The van der Waals surface area contributed by atoms with Crippen LogP contribution in [-0.4, -0.2) is 28.5 Å². The van der Waals surface area contributed by atoms with E-state index in [-0.39, 0.29) is 0 Å². The van der Waals surface area contributed by atoms with Crippen LogP contribution in [0.15, 0.2) is 158 Å². The molecule has 6 nitrogen and oxygen atoms in total. The van der Waals surface area contributed by atoms with E-state index >= 15 is 0 Å². The molecule has 0 aliphatic carbocycles. The van der Waals surface area contributed by atoms with Gasteiger partial charge in [0.1, 0.15) is 0 Å². The van der Waals surface area contributed by atoms with Gasteiger partial charge in [-0.05, 0) is 65.4 Å². The summed E-state index contributed by atoms with van der Waals surface area (Å²) in [5, 5.41) is 5.70. The highest BCUT2D eigenvalue weighted by Crippen LogP contribution is 2.37. The first kappa shape index (κ1) is 26.3. The summed E-state index contributed by atoms with van der Waals surface area (Å²) in [6, 6.07) is 55.4. The molecule has 0 saturated carbocycles. The molecule has 7 aromatic carbocycles. The first-order chi connectivity index (χ1) is 24.3. The number of nitrogens with zero attached hydrogens (tertiary/aromatic N) is 6. The standard InChI is InChI=1S/C43H26N6/c1-2-12-27(13-3-1)41-32-17-6-8-18-34(32)44-42(46-41)48-36-20-10-7-16-31(36)33-26-30(22-23-37(33)48)47-39-24-28-14-4-5-15-29(28)25-40(39)49-38-21-11-9-19-35(38)45-43(47)49/h1-26H. The molecule has 0 N–H and O–H groups in total. The summed E-state index contributed by atoms with van der Waals surface area (Å²) in [7, 11) is 0. The lowest BCUT2D eigenvalue weighted by atomic mass is 10.1. The van der Waals surface area contributed by atoms with E-state index in [0.717, 1.165) is 77.5 Å². The smallest absolute Gasteiger partial charge is 0.235 e. The molecular formula is C43H26N6. The second-order valence-corrected chi connectivity index (χ2v) is 12.6. The average Bonchev–Trinajstić information content (AvgIpc) is 3.80. The maximum absolute atomic E-state index is 5.25. The minimum absolute atomic E-state index is 0.649. The Hall–Kier alpha value is -6.79. The van der Waals surface area contributed by atoms with Crippen LogP contribution in [0.3, 0.4) is 0 Å². The predicted molar refractivity (Wildman–Crippen MR) is 200 cm³/mol. The van der Waals surface area contributed by atoms with Gasteiger partial charge in [-0.15, -0.1) is 0 Å². The third kappa shape index (κ3) is 3.74. The molecule has 6 heteroatoms. The Labute approximate surface area is 279 Å². The van der Waals surface area contributed by atoms with Crippen LogP contribution in [0, 0.1) is 0 Å². The minimum atomic E-state index is 0.649. The quantitative estimate of drug-likeness (QED) is 0.196. The second kappa shape index (κ2) is 9.86. The van der Waals surface area contributed by atoms with Crippen LogP contribution >= 0.6 is 0 Å². The molecule has 0 aliphatic rings. The van der Waals surface area contributed by atoms with Crippen molar-refractivity contribution in [3.63, 3.8) is 0 Å². The first-order valence-corrected chi connectivity index (χ1v) is 16.5. The highest BCUT2D eigenvalue weighted by atomic mass is 15.2. The maximum atomic E-state index is 5.25. The fraction of sp³-hybridized carbons (Fsp3) is 0. The van der Waals surface area contributed by atoms with Crippen LogP contribution in [0.4, 0.5) is 0 Å². The largest absolute Gasteiger partial charge is 0.278 e. The van der Waals surface area contributed by atoms with Crippen LogP contribution < -0.4 is 0 Å². The van der Waals surface area contributed by atoms with E-state index in [1.165, 1.54) is 10.8 Å². The highest BCUT2D eigenvalue weighted by Gasteiger charge is 2.21. The number of para-hydroxylation sites is 4. The zero-order valence-corrected chi connectivity index (χ0v) is 26.2. The van der Waals surface area contributed by atoms with E-state index in [1.54, 1.807) is 0 Å². The number of benzene rings is 7. The zero-order chi connectivity index (χ0) is 32.1. The highest BCUT2D eigenvalue weighted by molar-refractivity contribution is 6.10. The minimum Gasteiger partial charge on any atom is -0.278 e. The van der Waals surface area contributed by atoms with E-state index in [9.17, 15) is 0 Å². The van der Waals surface area contributed by atoms with Crippen molar-refractivity contribution in [1.82, 2.24) is 28.5 Å². The normalized spacial score (nSPS) is 12.1. The van der Waals surface area contributed by atoms with Crippen molar-refractivity contribution in [3.05, 3.63) is 158 Å². The van der Waals surface area contributed by atoms with Crippen LogP contribution in [0.25, 0.3) is 94.2 Å². The predicted octanol–water partition coefficient (Wildman–Crippen LogP) is 10.3. The van der Waals surface area contributed by atoms with E-state index < -0.39 is 0 Å². The van der Waals surface area contributed by atoms with E-state index in [0.29, 0.717) is 5.95 Å². The molecule has 0 saturated heterocycles. The van der Waals surface area contributed by atoms with Crippen molar-refractivity contribution in [3.8, 4) is 22.9 Å². The van der Waals surface area contributed by atoms with Gasteiger partial charge in [-0.25, -0.2) is 15.0 Å². The lowest BCUT2D eigenvalue weighted by Gasteiger charge is -2.12. The van der Waals surface area contributed by atoms with Crippen molar-refractivity contribution < 1.29 is 0 Å². The van der Waals surface area contributed by atoms with Gasteiger partial charge in [0.25, 0.3) is 0 Å². The van der Waals surface area contributed by atoms with Crippen LogP contribution in [0.5, 0.6) is 0 Å². The molecule has 11 aromatic rings. The summed E-state index contributed by atoms with van der Waals surface area (Å²) >= 11 is 0. The van der Waals surface area contributed by atoms with Gasteiger partial charge in [0.05, 0.1) is 44.3 Å². The van der Waals surface area contributed by atoms with Crippen LogP contribution in [0.1, 0.15) is 0 Å². The second-order valence-electron chi connectivity index (χ2n) is 12.6. The van der Waals surface area contributed by atoms with Gasteiger partial charge < -0.3 is 0 Å².